The van der Waals surface area contributed by atoms with Gasteiger partial charge in [-0.1, -0.05) is 13.8 Å². The quantitative estimate of drug-likeness (QED) is 0.518. The number of anilines is 1. The Morgan fingerprint density at radius 1 is 1.34 bits per heavy atom. The van der Waals surface area contributed by atoms with Gasteiger partial charge >= 0.3 is 0 Å². The average Bonchev–Trinajstić information content (AvgIpc) is 3.19. The fraction of sp³-hybridized carbons (Fsp3) is 0.526. The summed E-state index contributed by atoms with van der Waals surface area (Å²) in [4.78, 5) is 11.0. The number of nitrogens with zero attached hydrogens (tertiary/aromatic N) is 4. The van der Waals surface area contributed by atoms with Crippen molar-refractivity contribution in [2.45, 2.75) is 38.1 Å². The maximum absolute atomic E-state index is 12.9. The van der Waals surface area contributed by atoms with Crippen molar-refractivity contribution >= 4 is 21.4 Å². The summed E-state index contributed by atoms with van der Waals surface area (Å²) in [5.41, 5.74) is 0.0799. The number of nitro benzene ring substituents is 1. The van der Waals surface area contributed by atoms with E-state index in [4.69, 9.17) is 0 Å². The number of hydrogen-bond acceptors (Lipinski definition) is 6. The minimum Gasteiger partial charge on any atom is -0.379 e. The van der Waals surface area contributed by atoms with Gasteiger partial charge in [0.2, 0.25) is 10.0 Å². The molecule has 0 aliphatic carbocycles. The van der Waals surface area contributed by atoms with Gasteiger partial charge < -0.3 is 5.32 Å². The second kappa shape index (κ2) is 8.91. The maximum Gasteiger partial charge on any atom is 0.293 e. The molecular formula is C19H27N5O4S. The van der Waals surface area contributed by atoms with Gasteiger partial charge in [-0.15, -0.1) is 0 Å². The Kier molecular flexibility index (Phi) is 6.53. The molecule has 2 aromatic rings. The van der Waals surface area contributed by atoms with Crippen LogP contribution in [-0.4, -0.2) is 47.1 Å². The number of sulfonamides is 1. The first-order chi connectivity index (χ1) is 13.8. The Labute approximate surface area is 170 Å². The minimum atomic E-state index is -3.73. The second-order valence-electron chi connectivity index (χ2n) is 7.74. The van der Waals surface area contributed by atoms with Crippen molar-refractivity contribution in [3.05, 3.63) is 46.8 Å². The van der Waals surface area contributed by atoms with Crippen molar-refractivity contribution in [2.24, 2.45) is 11.8 Å². The third kappa shape index (κ3) is 5.13. The predicted molar refractivity (Wildman–Crippen MR) is 110 cm³/mol. The topological polar surface area (TPSA) is 110 Å². The van der Waals surface area contributed by atoms with Crippen LogP contribution in [0, 0.1) is 22.0 Å². The number of benzene rings is 1. The van der Waals surface area contributed by atoms with Crippen LogP contribution in [0.5, 0.6) is 0 Å². The molecule has 0 spiro atoms. The molecule has 1 saturated heterocycles. The van der Waals surface area contributed by atoms with E-state index in [1.165, 1.54) is 16.4 Å². The molecule has 0 unspecified atom stereocenters. The van der Waals surface area contributed by atoms with E-state index in [0.29, 0.717) is 37.8 Å². The van der Waals surface area contributed by atoms with Crippen LogP contribution >= 0.6 is 0 Å². The van der Waals surface area contributed by atoms with E-state index in [1.54, 1.807) is 10.9 Å². The zero-order valence-corrected chi connectivity index (χ0v) is 17.5. The zero-order chi connectivity index (χ0) is 21.0. The van der Waals surface area contributed by atoms with Gasteiger partial charge in [-0.05, 0) is 42.9 Å². The molecule has 0 radical (unpaired) electrons. The molecule has 1 aliphatic heterocycles. The lowest BCUT2D eigenvalue weighted by Crippen LogP contribution is -2.37. The summed E-state index contributed by atoms with van der Waals surface area (Å²) in [6.45, 7) is 6.17. The maximum atomic E-state index is 12.9. The standard InChI is InChI=1S/C19H27N5O4S/c1-15-6-10-23(11-7-15)29(27,28)17-4-5-18(19(12-17)24(25)26)20-13-16(2)14-22-9-3-8-21-22/h3-5,8-9,12,15-16,20H,6-7,10-11,13-14H2,1-2H3/t16-/m0/s1. The molecule has 1 aliphatic rings. The van der Waals surface area contributed by atoms with Crippen LogP contribution < -0.4 is 5.32 Å². The van der Waals surface area contributed by atoms with Gasteiger partial charge in [0, 0.05) is 44.6 Å². The monoisotopic (exact) mass is 421 g/mol. The minimum absolute atomic E-state index is 0.0334. The van der Waals surface area contributed by atoms with Gasteiger partial charge in [0.05, 0.1) is 9.82 Å². The lowest BCUT2D eigenvalue weighted by molar-refractivity contribution is -0.384. The molecule has 1 aromatic carbocycles. The first-order valence-corrected chi connectivity index (χ1v) is 11.2. The number of hydrogen-bond donors (Lipinski definition) is 1. The Balaban J connectivity index is 1.74. The molecular weight excluding hydrogens is 394 g/mol. The van der Waals surface area contributed by atoms with E-state index in [9.17, 15) is 18.5 Å². The van der Waals surface area contributed by atoms with E-state index in [1.807, 2.05) is 19.2 Å². The molecule has 1 N–H and O–H groups in total. The Hall–Kier alpha value is -2.46. The molecule has 3 rings (SSSR count). The van der Waals surface area contributed by atoms with Crippen LogP contribution in [0.2, 0.25) is 0 Å². The van der Waals surface area contributed by atoms with Gasteiger partial charge in [-0.25, -0.2) is 8.42 Å². The van der Waals surface area contributed by atoms with Crippen molar-refractivity contribution in [1.29, 1.82) is 0 Å². The Morgan fingerprint density at radius 3 is 2.69 bits per heavy atom. The number of rotatable bonds is 8. The molecule has 0 amide bonds. The molecule has 1 atom stereocenters. The summed E-state index contributed by atoms with van der Waals surface area (Å²) in [6, 6.07) is 5.93. The van der Waals surface area contributed by atoms with Crippen LogP contribution in [0.15, 0.2) is 41.6 Å². The van der Waals surface area contributed by atoms with Crippen molar-refractivity contribution in [1.82, 2.24) is 14.1 Å². The van der Waals surface area contributed by atoms with Gasteiger partial charge in [0.1, 0.15) is 5.69 Å². The Bertz CT molecular complexity index is 938. The van der Waals surface area contributed by atoms with E-state index >= 15 is 0 Å². The average molecular weight is 422 g/mol. The van der Waals surface area contributed by atoms with Crippen LogP contribution in [0.3, 0.4) is 0 Å². The summed E-state index contributed by atoms with van der Waals surface area (Å²) >= 11 is 0. The molecule has 10 heteroatoms. The third-order valence-electron chi connectivity index (χ3n) is 5.25. The van der Waals surface area contributed by atoms with Gasteiger partial charge in [0.25, 0.3) is 5.69 Å². The van der Waals surface area contributed by atoms with E-state index < -0.39 is 14.9 Å². The summed E-state index contributed by atoms with van der Waals surface area (Å²) in [6.07, 6.45) is 5.16. The summed E-state index contributed by atoms with van der Waals surface area (Å²) in [5, 5.41) is 18.8. The lowest BCUT2D eigenvalue weighted by atomic mass is 10.0. The van der Waals surface area contributed by atoms with Crippen LogP contribution in [0.25, 0.3) is 0 Å². The smallest absolute Gasteiger partial charge is 0.293 e. The summed E-state index contributed by atoms with van der Waals surface area (Å²) in [5.74, 6) is 0.666. The Morgan fingerprint density at radius 2 is 2.07 bits per heavy atom. The summed E-state index contributed by atoms with van der Waals surface area (Å²) in [7, 11) is -3.73. The zero-order valence-electron chi connectivity index (χ0n) is 16.7. The first-order valence-electron chi connectivity index (χ1n) is 9.77. The van der Waals surface area contributed by atoms with E-state index in [-0.39, 0.29) is 16.5 Å². The highest BCUT2D eigenvalue weighted by molar-refractivity contribution is 7.89. The predicted octanol–water partition coefficient (Wildman–Crippen LogP) is 2.96. The van der Waals surface area contributed by atoms with Gasteiger partial charge in [-0.3, -0.25) is 14.8 Å². The number of piperidine rings is 1. The molecule has 1 aromatic heterocycles. The number of aromatic nitrogens is 2. The molecule has 0 bridgehead atoms. The van der Waals surface area contributed by atoms with Crippen molar-refractivity contribution in [2.75, 3.05) is 25.0 Å². The number of nitrogens with one attached hydrogen (secondary N) is 1. The highest BCUT2D eigenvalue weighted by atomic mass is 32.2. The van der Waals surface area contributed by atoms with Crippen molar-refractivity contribution in [3.8, 4) is 0 Å². The molecule has 0 saturated carbocycles. The SMILES string of the molecule is CC1CCN(S(=O)(=O)c2ccc(NC[C@H](C)Cn3cccn3)c([N+](=O)[O-])c2)CC1. The third-order valence-corrected chi connectivity index (χ3v) is 7.14. The van der Waals surface area contributed by atoms with Gasteiger partial charge in [-0.2, -0.15) is 9.40 Å². The molecule has 29 heavy (non-hydrogen) atoms. The summed E-state index contributed by atoms with van der Waals surface area (Å²) < 4.78 is 29.0. The van der Waals surface area contributed by atoms with Crippen LogP contribution in [-0.2, 0) is 16.6 Å². The molecule has 9 nitrogen and oxygen atoms in total. The highest BCUT2D eigenvalue weighted by Crippen LogP contribution is 2.30. The fourth-order valence-electron chi connectivity index (χ4n) is 3.42. The molecule has 1 fully saturated rings. The van der Waals surface area contributed by atoms with Crippen LogP contribution in [0.4, 0.5) is 11.4 Å². The van der Waals surface area contributed by atoms with Crippen molar-refractivity contribution < 1.29 is 13.3 Å². The normalized spacial score (nSPS) is 17.2. The van der Waals surface area contributed by atoms with E-state index in [2.05, 4.69) is 17.3 Å². The fourth-order valence-corrected chi connectivity index (χ4v) is 4.91. The highest BCUT2D eigenvalue weighted by Gasteiger charge is 2.30. The molecule has 2 heterocycles. The second-order valence-corrected chi connectivity index (χ2v) is 9.67. The first kappa shape index (κ1) is 21.3. The van der Waals surface area contributed by atoms with Crippen molar-refractivity contribution in [3.63, 3.8) is 0 Å². The molecule has 158 valence electrons. The van der Waals surface area contributed by atoms with Gasteiger partial charge in [0.15, 0.2) is 0 Å². The number of nitro groups is 1. The largest absolute Gasteiger partial charge is 0.379 e. The van der Waals surface area contributed by atoms with E-state index in [0.717, 1.165) is 18.9 Å². The van der Waals surface area contributed by atoms with Crippen LogP contribution in [0.1, 0.15) is 26.7 Å². The lowest BCUT2D eigenvalue weighted by Gasteiger charge is -2.29.